The number of aliphatic carboxylic acids is 1. The molecule has 7 heteroatoms. The average molecular weight is 348 g/mol. The summed E-state index contributed by atoms with van der Waals surface area (Å²) in [6.07, 6.45) is 3.38. The Labute approximate surface area is 143 Å². The van der Waals surface area contributed by atoms with Crippen molar-refractivity contribution in [3.05, 3.63) is 29.0 Å². The van der Waals surface area contributed by atoms with Crippen molar-refractivity contribution in [2.75, 3.05) is 0 Å². The second-order valence-electron chi connectivity index (χ2n) is 6.28. The number of carbonyl (C=O) groups is 2. The summed E-state index contributed by atoms with van der Waals surface area (Å²) in [6, 6.07) is 3.84. The van der Waals surface area contributed by atoms with Crippen molar-refractivity contribution in [2.45, 2.75) is 51.0 Å². The van der Waals surface area contributed by atoms with E-state index in [1.54, 1.807) is 6.92 Å². The van der Waals surface area contributed by atoms with E-state index in [-0.39, 0.29) is 18.7 Å². The third-order valence-electron chi connectivity index (χ3n) is 4.41. The molecule has 6 nitrogen and oxygen atoms in total. The van der Waals surface area contributed by atoms with Gasteiger partial charge in [-0.05, 0) is 31.2 Å². The normalized spacial score (nSPS) is 16.2. The monoisotopic (exact) mass is 348 g/mol. The Kier molecular flexibility index (Phi) is 4.71. The van der Waals surface area contributed by atoms with Gasteiger partial charge in [0, 0.05) is 0 Å². The zero-order valence-corrected chi connectivity index (χ0v) is 14.3. The molecule has 0 saturated heterocycles. The van der Waals surface area contributed by atoms with Gasteiger partial charge in [0.1, 0.15) is 5.76 Å². The Bertz CT molecular complexity index is 730. The molecule has 128 valence electrons. The van der Waals surface area contributed by atoms with Crippen LogP contribution in [0, 0.1) is 6.92 Å². The van der Waals surface area contributed by atoms with Crippen molar-refractivity contribution in [3.8, 4) is 10.8 Å². The fraction of sp³-hybridized carbons (Fsp3) is 0.471. The van der Waals surface area contributed by atoms with Crippen LogP contribution in [0.25, 0.3) is 10.8 Å². The molecule has 0 radical (unpaired) electrons. The Morgan fingerprint density at radius 3 is 2.79 bits per heavy atom. The number of hydrogen-bond donors (Lipinski definition) is 2. The van der Waals surface area contributed by atoms with Crippen LogP contribution in [0.5, 0.6) is 0 Å². The number of rotatable bonds is 6. The molecule has 3 rings (SSSR count). The van der Waals surface area contributed by atoms with Crippen molar-refractivity contribution >= 4 is 23.2 Å². The standard InChI is InChI=1S/C17H20N2O4S/c1-11-12(18-16(23-11)13-5-4-8-24-13)9-14(20)19-17(10-15(21)22)6-2-3-7-17/h4-5,8H,2-3,6-7,9-10H2,1H3,(H,19,20)(H,21,22). The first-order valence-corrected chi connectivity index (χ1v) is 8.88. The van der Waals surface area contributed by atoms with Crippen molar-refractivity contribution in [3.63, 3.8) is 0 Å². The highest BCUT2D eigenvalue weighted by atomic mass is 32.1. The van der Waals surface area contributed by atoms with Crippen LogP contribution in [-0.2, 0) is 16.0 Å². The van der Waals surface area contributed by atoms with E-state index in [0.717, 1.165) is 17.7 Å². The Morgan fingerprint density at radius 2 is 2.17 bits per heavy atom. The highest BCUT2D eigenvalue weighted by molar-refractivity contribution is 7.13. The molecule has 24 heavy (non-hydrogen) atoms. The van der Waals surface area contributed by atoms with Gasteiger partial charge in [-0.2, -0.15) is 0 Å². The molecule has 0 bridgehead atoms. The lowest BCUT2D eigenvalue weighted by Crippen LogP contribution is -2.48. The molecule has 0 spiro atoms. The van der Waals surface area contributed by atoms with E-state index in [1.165, 1.54) is 11.3 Å². The summed E-state index contributed by atoms with van der Waals surface area (Å²) < 4.78 is 5.64. The number of carboxylic acids is 1. The number of carbonyl (C=O) groups excluding carboxylic acids is 1. The number of nitrogens with zero attached hydrogens (tertiary/aromatic N) is 1. The maximum absolute atomic E-state index is 12.4. The largest absolute Gasteiger partial charge is 0.481 e. The number of aryl methyl sites for hydroxylation is 1. The lowest BCUT2D eigenvalue weighted by atomic mass is 9.93. The van der Waals surface area contributed by atoms with E-state index in [1.807, 2.05) is 17.5 Å². The molecule has 2 aromatic rings. The predicted molar refractivity (Wildman–Crippen MR) is 89.9 cm³/mol. The molecule has 2 aromatic heterocycles. The molecule has 2 heterocycles. The summed E-state index contributed by atoms with van der Waals surface area (Å²) in [7, 11) is 0. The molecule has 0 atom stereocenters. The predicted octanol–water partition coefficient (Wildman–Crippen LogP) is 3.16. The van der Waals surface area contributed by atoms with Gasteiger partial charge in [-0.3, -0.25) is 9.59 Å². The van der Waals surface area contributed by atoms with Gasteiger partial charge in [-0.15, -0.1) is 11.3 Å². The van der Waals surface area contributed by atoms with Gasteiger partial charge in [-0.25, -0.2) is 4.98 Å². The number of thiophene rings is 1. The van der Waals surface area contributed by atoms with Crippen LogP contribution in [-0.4, -0.2) is 27.5 Å². The van der Waals surface area contributed by atoms with E-state index in [2.05, 4.69) is 10.3 Å². The lowest BCUT2D eigenvalue weighted by Gasteiger charge is -2.28. The number of oxazole rings is 1. The zero-order valence-electron chi connectivity index (χ0n) is 13.5. The molecule has 1 aliphatic carbocycles. The van der Waals surface area contributed by atoms with Gasteiger partial charge >= 0.3 is 5.97 Å². The van der Waals surface area contributed by atoms with E-state index < -0.39 is 11.5 Å². The minimum Gasteiger partial charge on any atom is -0.481 e. The molecule has 0 aromatic carbocycles. The molecule has 2 N–H and O–H groups in total. The van der Waals surface area contributed by atoms with Crippen LogP contribution in [0.2, 0.25) is 0 Å². The summed E-state index contributed by atoms with van der Waals surface area (Å²) in [5, 5.41) is 14.0. The first-order valence-electron chi connectivity index (χ1n) is 8.00. The van der Waals surface area contributed by atoms with Crippen LogP contribution in [0.15, 0.2) is 21.9 Å². The van der Waals surface area contributed by atoms with Gasteiger partial charge in [0.25, 0.3) is 0 Å². The summed E-state index contributed by atoms with van der Waals surface area (Å²) in [5.74, 6) is 0.0563. The number of amides is 1. The van der Waals surface area contributed by atoms with E-state index in [0.29, 0.717) is 30.2 Å². The number of aromatic nitrogens is 1. The molecular weight excluding hydrogens is 328 g/mol. The summed E-state index contributed by atoms with van der Waals surface area (Å²) >= 11 is 1.53. The lowest BCUT2D eigenvalue weighted by molar-refractivity contribution is -0.139. The Balaban J connectivity index is 1.69. The molecule has 1 fully saturated rings. The van der Waals surface area contributed by atoms with E-state index >= 15 is 0 Å². The van der Waals surface area contributed by atoms with E-state index in [9.17, 15) is 9.59 Å². The van der Waals surface area contributed by atoms with Crippen LogP contribution >= 0.6 is 11.3 Å². The fourth-order valence-electron chi connectivity index (χ4n) is 3.28. The minimum atomic E-state index is -0.880. The highest BCUT2D eigenvalue weighted by Crippen LogP contribution is 2.33. The summed E-state index contributed by atoms with van der Waals surface area (Å²) in [6.45, 7) is 1.79. The SMILES string of the molecule is Cc1oc(-c2cccs2)nc1CC(=O)NC1(CC(=O)O)CCCC1. The fourth-order valence-corrected chi connectivity index (χ4v) is 3.93. The summed E-state index contributed by atoms with van der Waals surface area (Å²) in [5.41, 5.74) is -0.0173. The van der Waals surface area contributed by atoms with Crippen LogP contribution in [0.3, 0.4) is 0 Å². The minimum absolute atomic E-state index is 0.0308. The molecular formula is C17H20N2O4S. The molecule has 1 amide bonds. The first-order chi connectivity index (χ1) is 11.5. The van der Waals surface area contributed by atoms with Crippen molar-refractivity contribution < 1.29 is 19.1 Å². The Morgan fingerprint density at radius 1 is 1.42 bits per heavy atom. The smallest absolute Gasteiger partial charge is 0.305 e. The zero-order chi connectivity index (χ0) is 17.2. The van der Waals surface area contributed by atoms with Crippen molar-refractivity contribution in [2.24, 2.45) is 0 Å². The molecule has 0 aliphatic heterocycles. The van der Waals surface area contributed by atoms with Gasteiger partial charge < -0.3 is 14.8 Å². The van der Waals surface area contributed by atoms with Crippen molar-refractivity contribution in [1.29, 1.82) is 0 Å². The van der Waals surface area contributed by atoms with Gasteiger partial charge in [0.2, 0.25) is 11.8 Å². The average Bonchev–Trinajstić information content (AvgIpc) is 3.21. The number of carboxylic acid groups (broad SMARTS) is 1. The number of nitrogens with one attached hydrogen (secondary N) is 1. The summed E-state index contributed by atoms with van der Waals surface area (Å²) in [4.78, 5) is 28.9. The highest BCUT2D eigenvalue weighted by Gasteiger charge is 2.37. The first kappa shape index (κ1) is 16.7. The third kappa shape index (κ3) is 3.67. The van der Waals surface area contributed by atoms with Crippen molar-refractivity contribution in [1.82, 2.24) is 10.3 Å². The molecule has 1 aliphatic rings. The van der Waals surface area contributed by atoms with Crippen LogP contribution in [0.1, 0.15) is 43.6 Å². The number of hydrogen-bond acceptors (Lipinski definition) is 5. The quantitative estimate of drug-likeness (QED) is 0.836. The third-order valence-corrected chi connectivity index (χ3v) is 5.27. The van der Waals surface area contributed by atoms with Crippen LogP contribution in [0.4, 0.5) is 0 Å². The Hall–Kier alpha value is -2.15. The maximum atomic E-state index is 12.4. The van der Waals surface area contributed by atoms with Gasteiger partial charge in [0.15, 0.2) is 0 Å². The molecule has 0 unspecified atom stereocenters. The topological polar surface area (TPSA) is 92.4 Å². The van der Waals surface area contributed by atoms with Gasteiger partial charge in [-0.1, -0.05) is 18.9 Å². The molecule has 1 saturated carbocycles. The maximum Gasteiger partial charge on any atom is 0.305 e. The second-order valence-corrected chi connectivity index (χ2v) is 7.23. The second kappa shape index (κ2) is 6.76. The van der Waals surface area contributed by atoms with Crippen LogP contribution < -0.4 is 5.32 Å². The van der Waals surface area contributed by atoms with E-state index in [4.69, 9.17) is 9.52 Å². The van der Waals surface area contributed by atoms with Gasteiger partial charge in [0.05, 0.1) is 29.0 Å².